The summed E-state index contributed by atoms with van der Waals surface area (Å²) in [5.41, 5.74) is 1.90. The predicted octanol–water partition coefficient (Wildman–Crippen LogP) is 3.99. The molecule has 0 aliphatic carbocycles. The van der Waals surface area contributed by atoms with E-state index in [1.54, 1.807) is 0 Å². The molecule has 2 rings (SSSR count). The molecule has 20 heavy (non-hydrogen) atoms. The molecular formula is C18H30N2. The molecule has 1 fully saturated rings. The van der Waals surface area contributed by atoms with Crippen LogP contribution in [0.4, 0.5) is 0 Å². The fourth-order valence-electron chi connectivity index (χ4n) is 3.19. The molecule has 112 valence electrons. The molecule has 1 aliphatic heterocycles. The molecule has 1 aromatic carbocycles. The maximum absolute atomic E-state index is 3.69. The standard InChI is InChI=1S/C18H30N2/c1-17(2,3)19-14-16(15-10-7-6-8-11-15)20-13-9-12-18(20,4)5/h6-8,10-11,16,19H,9,12-14H2,1-5H3. The summed E-state index contributed by atoms with van der Waals surface area (Å²) in [6.07, 6.45) is 2.61. The highest BCUT2D eigenvalue weighted by Crippen LogP contribution is 2.36. The number of hydrogen-bond acceptors (Lipinski definition) is 2. The normalized spacial score (nSPS) is 21.1. The summed E-state index contributed by atoms with van der Waals surface area (Å²) in [7, 11) is 0. The van der Waals surface area contributed by atoms with Crippen LogP contribution in [0.5, 0.6) is 0 Å². The van der Waals surface area contributed by atoms with Gasteiger partial charge in [-0.1, -0.05) is 30.3 Å². The minimum Gasteiger partial charge on any atom is -0.310 e. The van der Waals surface area contributed by atoms with E-state index in [1.165, 1.54) is 24.9 Å². The quantitative estimate of drug-likeness (QED) is 0.893. The molecule has 0 spiro atoms. The maximum atomic E-state index is 3.69. The van der Waals surface area contributed by atoms with Crippen molar-refractivity contribution in [1.29, 1.82) is 0 Å². The molecule has 1 unspecified atom stereocenters. The number of nitrogens with zero attached hydrogens (tertiary/aromatic N) is 1. The van der Waals surface area contributed by atoms with Crippen molar-refractivity contribution in [2.75, 3.05) is 13.1 Å². The third-order valence-electron chi connectivity index (χ3n) is 4.35. The van der Waals surface area contributed by atoms with Gasteiger partial charge in [0.25, 0.3) is 0 Å². The summed E-state index contributed by atoms with van der Waals surface area (Å²) < 4.78 is 0. The second-order valence-electron chi connectivity index (χ2n) is 7.67. The van der Waals surface area contributed by atoms with Crippen LogP contribution in [0.25, 0.3) is 0 Å². The molecule has 1 atom stereocenters. The van der Waals surface area contributed by atoms with Crippen LogP contribution in [0.15, 0.2) is 30.3 Å². The van der Waals surface area contributed by atoms with Crippen molar-refractivity contribution < 1.29 is 0 Å². The van der Waals surface area contributed by atoms with Crippen LogP contribution in [0, 0.1) is 0 Å². The van der Waals surface area contributed by atoms with Crippen LogP contribution in [-0.4, -0.2) is 29.1 Å². The Kier molecular flexibility index (Phi) is 4.55. The van der Waals surface area contributed by atoms with Crippen molar-refractivity contribution in [3.05, 3.63) is 35.9 Å². The van der Waals surface area contributed by atoms with E-state index in [0.29, 0.717) is 11.6 Å². The van der Waals surface area contributed by atoms with Gasteiger partial charge in [0.05, 0.1) is 0 Å². The largest absolute Gasteiger partial charge is 0.310 e. The van der Waals surface area contributed by atoms with Gasteiger partial charge in [0, 0.05) is 23.7 Å². The molecule has 1 aromatic rings. The number of hydrogen-bond donors (Lipinski definition) is 1. The van der Waals surface area contributed by atoms with Gasteiger partial charge in [0.15, 0.2) is 0 Å². The highest BCUT2D eigenvalue weighted by Gasteiger charge is 2.37. The van der Waals surface area contributed by atoms with Gasteiger partial charge in [0.1, 0.15) is 0 Å². The molecule has 2 heteroatoms. The fourth-order valence-corrected chi connectivity index (χ4v) is 3.19. The Morgan fingerprint density at radius 2 is 1.85 bits per heavy atom. The lowest BCUT2D eigenvalue weighted by molar-refractivity contribution is 0.108. The Hall–Kier alpha value is -0.860. The van der Waals surface area contributed by atoms with Crippen molar-refractivity contribution in [2.24, 2.45) is 0 Å². The molecule has 1 heterocycles. The Bertz CT molecular complexity index is 417. The molecule has 0 radical (unpaired) electrons. The minimum absolute atomic E-state index is 0.164. The van der Waals surface area contributed by atoms with Gasteiger partial charge < -0.3 is 5.32 Å². The van der Waals surface area contributed by atoms with E-state index in [1.807, 2.05) is 0 Å². The van der Waals surface area contributed by atoms with Crippen molar-refractivity contribution in [2.45, 2.75) is 64.6 Å². The molecule has 1 aliphatic rings. The van der Waals surface area contributed by atoms with Crippen LogP contribution < -0.4 is 5.32 Å². The van der Waals surface area contributed by atoms with E-state index >= 15 is 0 Å². The topological polar surface area (TPSA) is 15.3 Å². The average molecular weight is 274 g/mol. The summed E-state index contributed by atoms with van der Waals surface area (Å²) in [5.74, 6) is 0. The predicted molar refractivity (Wildman–Crippen MR) is 87.0 cm³/mol. The van der Waals surface area contributed by atoms with E-state index in [4.69, 9.17) is 0 Å². The van der Waals surface area contributed by atoms with Crippen LogP contribution in [0.3, 0.4) is 0 Å². The van der Waals surface area contributed by atoms with E-state index < -0.39 is 0 Å². The van der Waals surface area contributed by atoms with E-state index in [9.17, 15) is 0 Å². The van der Waals surface area contributed by atoms with Gasteiger partial charge in [-0.3, -0.25) is 4.90 Å². The summed E-state index contributed by atoms with van der Waals surface area (Å²) in [4.78, 5) is 2.68. The smallest absolute Gasteiger partial charge is 0.0478 e. The minimum atomic E-state index is 0.164. The zero-order chi connectivity index (χ0) is 14.8. The highest BCUT2D eigenvalue weighted by molar-refractivity contribution is 5.21. The molecule has 1 saturated heterocycles. The lowest BCUT2D eigenvalue weighted by atomic mass is 9.96. The Labute approximate surface area is 124 Å². The van der Waals surface area contributed by atoms with Crippen molar-refractivity contribution >= 4 is 0 Å². The number of rotatable bonds is 4. The Balaban J connectivity index is 2.21. The molecule has 0 saturated carbocycles. The first-order valence-electron chi connectivity index (χ1n) is 7.86. The van der Waals surface area contributed by atoms with Gasteiger partial charge in [-0.05, 0) is 59.6 Å². The van der Waals surface area contributed by atoms with E-state index in [2.05, 4.69) is 75.2 Å². The molecule has 1 N–H and O–H groups in total. The van der Waals surface area contributed by atoms with Gasteiger partial charge in [-0.25, -0.2) is 0 Å². The molecular weight excluding hydrogens is 244 g/mol. The first kappa shape index (κ1) is 15.5. The van der Waals surface area contributed by atoms with Gasteiger partial charge in [-0.2, -0.15) is 0 Å². The second kappa shape index (κ2) is 5.87. The van der Waals surface area contributed by atoms with Crippen molar-refractivity contribution in [3.63, 3.8) is 0 Å². The van der Waals surface area contributed by atoms with Crippen LogP contribution in [-0.2, 0) is 0 Å². The van der Waals surface area contributed by atoms with Gasteiger partial charge >= 0.3 is 0 Å². The monoisotopic (exact) mass is 274 g/mol. The number of likely N-dealkylation sites (tertiary alicyclic amines) is 1. The molecule has 2 nitrogen and oxygen atoms in total. The van der Waals surface area contributed by atoms with Crippen molar-refractivity contribution in [1.82, 2.24) is 10.2 Å². The number of nitrogens with one attached hydrogen (secondary N) is 1. The third kappa shape index (κ3) is 3.83. The van der Waals surface area contributed by atoms with Crippen LogP contribution in [0.2, 0.25) is 0 Å². The summed E-state index contributed by atoms with van der Waals surface area (Å²) in [6, 6.07) is 11.4. The number of benzene rings is 1. The average Bonchev–Trinajstić information content (AvgIpc) is 2.70. The molecule has 0 aromatic heterocycles. The summed E-state index contributed by atoms with van der Waals surface area (Å²) in [5, 5.41) is 3.69. The SMILES string of the molecule is CC(C)(C)NCC(c1ccccc1)N1CCCC1(C)C. The maximum Gasteiger partial charge on any atom is 0.0478 e. The zero-order valence-corrected chi connectivity index (χ0v) is 13.7. The van der Waals surface area contributed by atoms with Crippen LogP contribution in [0.1, 0.15) is 59.1 Å². The van der Waals surface area contributed by atoms with E-state index in [-0.39, 0.29) is 5.54 Å². The first-order valence-corrected chi connectivity index (χ1v) is 7.86. The lowest BCUT2D eigenvalue weighted by Crippen LogP contribution is -2.47. The first-order chi connectivity index (χ1) is 9.30. The van der Waals surface area contributed by atoms with Crippen LogP contribution >= 0.6 is 0 Å². The fraction of sp³-hybridized carbons (Fsp3) is 0.667. The summed E-state index contributed by atoms with van der Waals surface area (Å²) >= 11 is 0. The van der Waals surface area contributed by atoms with E-state index in [0.717, 1.165) is 6.54 Å². The Morgan fingerprint density at radius 3 is 2.35 bits per heavy atom. The zero-order valence-electron chi connectivity index (χ0n) is 13.7. The third-order valence-corrected chi connectivity index (χ3v) is 4.35. The molecule has 0 amide bonds. The summed E-state index contributed by atoms with van der Waals surface area (Å²) in [6.45, 7) is 13.7. The van der Waals surface area contributed by atoms with Crippen molar-refractivity contribution in [3.8, 4) is 0 Å². The second-order valence-corrected chi connectivity index (χ2v) is 7.67. The lowest BCUT2D eigenvalue weighted by Gasteiger charge is -2.40. The highest BCUT2D eigenvalue weighted by atomic mass is 15.3. The Morgan fingerprint density at radius 1 is 1.20 bits per heavy atom. The molecule has 0 bridgehead atoms. The van der Waals surface area contributed by atoms with Gasteiger partial charge in [0.2, 0.25) is 0 Å². The van der Waals surface area contributed by atoms with Gasteiger partial charge in [-0.15, -0.1) is 0 Å².